The minimum atomic E-state index is 0.759. The van der Waals surface area contributed by atoms with Gasteiger partial charge in [0.1, 0.15) is 0 Å². The molecule has 0 bridgehead atoms. The number of likely N-dealkylation sites (tertiary alicyclic amines) is 1. The Morgan fingerprint density at radius 2 is 1.77 bits per heavy atom. The number of aromatic nitrogens is 3. The van der Waals surface area contributed by atoms with Crippen LogP contribution in [0.4, 0.5) is 0 Å². The van der Waals surface area contributed by atoms with Gasteiger partial charge in [-0.15, -0.1) is 0 Å². The van der Waals surface area contributed by atoms with Crippen LogP contribution in [0.2, 0.25) is 0 Å². The minimum absolute atomic E-state index is 0.759. The van der Waals surface area contributed by atoms with Crippen molar-refractivity contribution in [3.8, 4) is 11.4 Å². The van der Waals surface area contributed by atoms with Crippen LogP contribution in [0.1, 0.15) is 24.1 Å². The summed E-state index contributed by atoms with van der Waals surface area (Å²) in [4.78, 5) is 15.8. The van der Waals surface area contributed by atoms with Crippen molar-refractivity contribution in [3.63, 3.8) is 0 Å². The molecule has 4 rings (SSSR count). The number of nitrogens with zero attached hydrogens (tertiary/aromatic N) is 4. The first-order chi connectivity index (χ1) is 12.9. The molecule has 4 nitrogen and oxygen atoms in total. The van der Waals surface area contributed by atoms with Crippen LogP contribution in [0.3, 0.4) is 0 Å². The van der Waals surface area contributed by atoms with Crippen LogP contribution in [-0.4, -0.2) is 32.9 Å². The topological polar surface area (TPSA) is 41.9 Å². The summed E-state index contributed by atoms with van der Waals surface area (Å²) in [6.07, 6.45) is 9.16. The van der Waals surface area contributed by atoms with Crippen LogP contribution in [0, 0.1) is 5.92 Å². The van der Waals surface area contributed by atoms with Gasteiger partial charge in [0.05, 0.1) is 5.69 Å². The lowest BCUT2D eigenvalue weighted by Gasteiger charge is -2.31. The number of hydrogen-bond acceptors (Lipinski definition) is 4. The van der Waals surface area contributed by atoms with Crippen LogP contribution in [-0.2, 0) is 13.0 Å². The second kappa shape index (κ2) is 8.19. The number of benzene rings is 1. The molecule has 0 atom stereocenters. The van der Waals surface area contributed by atoms with Gasteiger partial charge in [-0.1, -0.05) is 30.3 Å². The van der Waals surface area contributed by atoms with Gasteiger partial charge in [0.25, 0.3) is 0 Å². The zero-order valence-electron chi connectivity index (χ0n) is 15.0. The molecule has 1 saturated heterocycles. The molecule has 1 aliphatic rings. The van der Waals surface area contributed by atoms with E-state index in [2.05, 4.69) is 45.2 Å². The Bertz CT molecular complexity index is 812. The molecule has 0 amide bonds. The fraction of sp³-hybridized carbons (Fsp3) is 0.318. The summed E-state index contributed by atoms with van der Waals surface area (Å²) in [5.41, 5.74) is 3.51. The molecule has 2 aromatic heterocycles. The number of hydrogen-bond donors (Lipinski definition) is 0. The Kier molecular flexibility index (Phi) is 5.31. The Morgan fingerprint density at radius 3 is 2.54 bits per heavy atom. The first-order valence-corrected chi connectivity index (χ1v) is 9.35. The summed E-state index contributed by atoms with van der Waals surface area (Å²) in [7, 11) is 0. The van der Waals surface area contributed by atoms with Gasteiger partial charge in [-0.3, -0.25) is 9.88 Å². The average molecular weight is 344 g/mol. The number of pyridine rings is 1. The van der Waals surface area contributed by atoms with E-state index in [1.807, 2.05) is 30.6 Å². The fourth-order valence-corrected chi connectivity index (χ4v) is 3.64. The van der Waals surface area contributed by atoms with Crippen molar-refractivity contribution in [2.45, 2.75) is 25.8 Å². The molecule has 1 aromatic carbocycles. The van der Waals surface area contributed by atoms with E-state index in [-0.39, 0.29) is 0 Å². The second-order valence-corrected chi connectivity index (χ2v) is 7.02. The van der Waals surface area contributed by atoms with E-state index in [4.69, 9.17) is 4.98 Å². The van der Waals surface area contributed by atoms with Crippen LogP contribution in [0.15, 0.2) is 67.1 Å². The molecular weight excluding hydrogens is 320 g/mol. The van der Waals surface area contributed by atoms with Gasteiger partial charge in [-0.05, 0) is 62.0 Å². The highest BCUT2D eigenvalue weighted by Gasteiger charge is 2.20. The highest BCUT2D eigenvalue weighted by molar-refractivity contribution is 5.52. The molecule has 1 aliphatic heterocycles. The van der Waals surface area contributed by atoms with E-state index in [1.54, 1.807) is 6.20 Å². The van der Waals surface area contributed by atoms with Gasteiger partial charge in [0.2, 0.25) is 0 Å². The molecule has 0 unspecified atom stereocenters. The highest BCUT2D eigenvalue weighted by Crippen LogP contribution is 2.23. The van der Waals surface area contributed by atoms with E-state index in [9.17, 15) is 0 Å². The van der Waals surface area contributed by atoms with Crippen molar-refractivity contribution < 1.29 is 0 Å². The Morgan fingerprint density at radius 1 is 0.923 bits per heavy atom. The second-order valence-electron chi connectivity index (χ2n) is 7.02. The third-order valence-electron chi connectivity index (χ3n) is 5.09. The molecule has 3 aromatic rings. The molecule has 0 aliphatic carbocycles. The van der Waals surface area contributed by atoms with Crippen molar-refractivity contribution in [1.82, 2.24) is 19.9 Å². The van der Waals surface area contributed by atoms with E-state index < -0.39 is 0 Å². The largest absolute Gasteiger partial charge is 0.297 e. The maximum absolute atomic E-state index is 4.73. The summed E-state index contributed by atoms with van der Waals surface area (Å²) in [5.74, 6) is 1.56. The van der Waals surface area contributed by atoms with Crippen LogP contribution in [0.5, 0.6) is 0 Å². The van der Waals surface area contributed by atoms with Gasteiger partial charge in [-0.25, -0.2) is 9.97 Å². The monoisotopic (exact) mass is 344 g/mol. The van der Waals surface area contributed by atoms with Crippen molar-refractivity contribution >= 4 is 0 Å². The third kappa shape index (κ3) is 4.33. The average Bonchev–Trinajstić information content (AvgIpc) is 2.71. The van der Waals surface area contributed by atoms with Crippen molar-refractivity contribution in [2.24, 2.45) is 5.92 Å². The lowest BCUT2D eigenvalue weighted by atomic mass is 9.90. The van der Waals surface area contributed by atoms with Gasteiger partial charge in [0.15, 0.2) is 5.82 Å². The summed E-state index contributed by atoms with van der Waals surface area (Å²) >= 11 is 0. The van der Waals surface area contributed by atoms with Crippen molar-refractivity contribution in [2.75, 3.05) is 13.1 Å². The summed E-state index contributed by atoms with van der Waals surface area (Å²) in [6, 6.07) is 16.8. The quantitative estimate of drug-likeness (QED) is 0.702. The van der Waals surface area contributed by atoms with Gasteiger partial charge >= 0.3 is 0 Å². The smallest absolute Gasteiger partial charge is 0.160 e. The molecule has 0 spiro atoms. The molecular formula is C22H24N4. The molecule has 132 valence electrons. The van der Waals surface area contributed by atoms with E-state index in [1.165, 1.54) is 24.8 Å². The fourth-order valence-electron chi connectivity index (χ4n) is 3.64. The van der Waals surface area contributed by atoms with Gasteiger partial charge in [-0.2, -0.15) is 0 Å². The Hall–Kier alpha value is -2.59. The zero-order chi connectivity index (χ0) is 17.6. The molecule has 4 heteroatoms. The first kappa shape index (κ1) is 16.9. The molecule has 3 heterocycles. The maximum atomic E-state index is 4.73. The van der Waals surface area contributed by atoms with E-state index >= 15 is 0 Å². The summed E-state index contributed by atoms with van der Waals surface area (Å²) < 4.78 is 0. The molecule has 1 fully saturated rings. The number of piperidine rings is 1. The van der Waals surface area contributed by atoms with Crippen molar-refractivity contribution in [3.05, 3.63) is 78.4 Å². The lowest BCUT2D eigenvalue weighted by molar-refractivity contribution is 0.175. The minimum Gasteiger partial charge on any atom is -0.297 e. The summed E-state index contributed by atoms with van der Waals surface area (Å²) in [5, 5.41) is 0. The predicted molar refractivity (Wildman–Crippen MR) is 103 cm³/mol. The summed E-state index contributed by atoms with van der Waals surface area (Å²) in [6.45, 7) is 3.18. The van der Waals surface area contributed by atoms with Gasteiger partial charge < -0.3 is 0 Å². The molecule has 0 saturated carbocycles. The maximum Gasteiger partial charge on any atom is 0.160 e. The standard InChI is InChI=1S/C22H24N4/c1-2-5-18(6-3-1)15-19-9-13-26(14-10-19)17-21-8-12-24-22(25-21)20-7-4-11-23-16-20/h1-8,11-12,16,19H,9-10,13-15,17H2. The highest BCUT2D eigenvalue weighted by atomic mass is 15.1. The molecule has 26 heavy (non-hydrogen) atoms. The van der Waals surface area contributed by atoms with E-state index in [0.29, 0.717) is 0 Å². The third-order valence-corrected chi connectivity index (χ3v) is 5.09. The normalized spacial score (nSPS) is 15.8. The van der Waals surface area contributed by atoms with Crippen molar-refractivity contribution in [1.29, 1.82) is 0 Å². The number of rotatable bonds is 5. The molecule has 0 N–H and O–H groups in total. The Balaban J connectivity index is 1.33. The SMILES string of the molecule is c1ccc(CC2CCN(Cc3ccnc(-c4cccnc4)n3)CC2)cc1. The van der Waals surface area contributed by atoms with Crippen LogP contribution in [0.25, 0.3) is 11.4 Å². The lowest BCUT2D eigenvalue weighted by Crippen LogP contribution is -2.34. The van der Waals surface area contributed by atoms with Crippen LogP contribution >= 0.6 is 0 Å². The molecule has 0 radical (unpaired) electrons. The van der Waals surface area contributed by atoms with Crippen LogP contribution < -0.4 is 0 Å². The van der Waals surface area contributed by atoms with Gasteiger partial charge in [0, 0.05) is 30.7 Å². The van der Waals surface area contributed by atoms with E-state index in [0.717, 1.165) is 42.6 Å². The Labute approximate surface area is 155 Å². The predicted octanol–water partition coefficient (Wildman–Crippen LogP) is 3.99. The first-order valence-electron chi connectivity index (χ1n) is 9.35. The zero-order valence-corrected chi connectivity index (χ0v) is 15.0.